The molecule has 1 aromatic rings. The maximum absolute atomic E-state index is 8.62. The minimum atomic E-state index is 0.667. The van der Waals surface area contributed by atoms with E-state index in [-0.39, 0.29) is 0 Å². The van der Waals surface area contributed by atoms with E-state index in [1.54, 1.807) is 5.41 Å². The third-order valence-electron chi connectivity index (χ3n) is 1.54. The molecule has 0 unspecified atom stereocenters. The monoisotopic (exact) mass is 175 g/mol. The molecule has 0 aliphatic carbocycles. The maximum Gasteiger partial charge on any atom is 0.0955 e. The van der Waals surface area contributed by atoms with Crippen molar-refractivity contribution in [3.63, 3.8) is 0 Å². The molecule has 2 heteroatoms. The van der Waals surface area contributed by atoms with E-state index < -0.39 is 0 Å². The van der Waals surface area contributed by atoms with Crippen LogP contribution in [0.1, 0.15) is 5.56 Å². The highest BCUT2D eigenvalue weighted by Crippen LogP contribution is 2.07. The molecule has 0 aliphatic heterocycles. The number of hydrogen-bond acceptors (Lipinski definition) is 2. The van der Waals surface area contributed by atoms with Crippen molar-refractivity contribution in [3.8, 4) is 6.07 Å². The van der Waals surface area contributed by atoms with E-state index in [1.165, 1.54) is 0 Å². The lowest BCUT2D eigenvalue weighted by Gasteiger charge is -1.96. The van der Waals surface area contributed by atoms with Gasteiger partial charge in [-0.2, -0.15) is 17.9 Å². The first-order valence-corrected chi connectivity index (χ1v) is 4.15. The van der Waals surface area contributed by atoms with Crippen LogP contribution in [0.15, 0.2) is 41.3 Å². The summed E-state index contributed by atoms with van der Waals surface area (Å²) in [5.74, 6) is 0. The highest BCUT2D eigenvalue weighted by atomic mass is 32.1. The predicted octanol–water partition coefficient (Wildman–Crippen LogP) is 2.57. The van der Waals surface area contributed by atoms with Gasteiger partial charge in [-0.1, -0.05) is 30.3 Å². The van der Waals surface area contributed by atoms with E-state index in [9.17, 15) is 0 Å². The van der Waals surface area contributed by atoms with E-state index in [1.807, 2.05) is 30.3 Å². The standard InChI is InChI=1S/C10H9NS/c11-7-10(8-12)6-9-4-2-1-3-5-9/h1-5,8,12H,6H2/b10-8-. The highest BCUT2D eigenvalue weighted by molar-refractivity contribution is 7.83. The molecular weight excluding hydrogens is 166 g/mol. The van der Waals surface area contributed by atoms with Crippen molar-refractivity contribution in [3.05, 3.63) is 46.9 Å². The van der Waals surface area contributed by atoms with Gasteiger partial charge in [0, 0.05) is 12.0 Å². The summed E-state index contributed by atoms with van der Waals surface area (Å²) in [6.07, 6.45) is 0.667. The summed E-state index contributed by atoms with van der Waals surface area (Å²) in [7, 11) is 0. The molecule has 12 heavy (non-hydrogen) atoms. The molecule has 1 rings (SSSR count). The lowest BCUT2D eigenvalue weighted by Crippen LogP contribution is -1.85. The first kappa shape index (κ1) is 8.89. The average molecular weight is 175 g/mol. The number of nitriles is 1. The van der Waals surface area contributed by atoms with Crippen molar-refractivity contribution in [2.24, 2.45) is 0 Å². The zero-order valence-corrected chi connectivity index (χ0v) is 7.46. The van der Waals surface area contributed by atoms with E-state index in [2.05, 4.69) is 18.7 Å². The van der Waals surface area contributed by atoms with Gasteiger partial charge in [0.1, 0.15) is 0 Å². The van der Waals surface area contributed by atoms with Crippen LogP contribution in [0.5, 0.6) is 0 Å². The summed E-state index contributed by atoms with van der Waals surface area (Å²) in [5, 5.41) is 10.2. The zero-order chi connectivity index (χ0) is 8.81. The second kappa shape index (κ2) is 4.63. The molecule has 0 radical (unpaired) electrons. The van der Waals surface area contributed by atoms with Gasteiger partial charge in [0.25, 0.3) is 0 Å². The van der Waals surface area contributed by atoms with Crippen molar-refractivity contribution < 1.29 is 0 Å². The van der Waals surface area contributed by atoms with Crippen molar-refractivity contribution in [2.75, 3.05) is 0 Å². The molecule has 60 valence electrons. The van der Waals surface area contributed by atoms with Crippen LogP contribution in [0, 0.1) is 11.3 Å². The minimum absolute atomic E-state index is 0.667. The SMILES string of the molecule is N#C/C(=C\S)Cc1ccccc1. The number of hydrogen-bond donors (Lipinski definition) is 1. The van der Waals surface area contributed by atoms with E-state index in [0.29, 0.717) is 12.0 Å². The summed E-state index contributed by atoms with van der Waals surface area (Å²) in [6.45, 7) is 0. The molecule has 0 spiro atoms. The van der Waals surface area contributed by atoms with E-state index in [4.69, 9.17) is 5.26 Å². The third-order valence-corrected chi connectivity index (χ3v) is 1.85. The topological polar surface area (TPSA) is 23.8 Å². The molecule has 1 nitrogen and oxygen atoms in total. The van der Waals surface area contributed by atoms with Gasteiger partial charge in [-0.05, 0) is 11.0 Å². The van der Waals surface area contributed by atoms with Gasteiger partial charge in [-0.3, -0.25) is 0 Å². The fraction of sp³-hybridized carbons (Fsp3) is 0.100. The Hall–Kier alpha value is -1.20. The molecule has 0 N–H and O–H groups in total. The summed E-state index contributed by atoms with van der Waals surface area (Å²) >= 11 is 3.94. The Balaban J connectivity index is 2.72. The Labute approximate surface area is 77.7 Å². The number of nitrogens with zero attached hydrogens (tertiary/aromatic N) is 1. The van der Waals surface area contributed by atoms with Crippen LogP contribution < -0.4 is 0 Å². The average Bonchev–Trinajstić information content (AvgIpc) is 2.16. The zero-order valence-electron chi connectivity index (χ0n) is 6.57. The van der Waals surface area contributed by atoms with E-state index >= 15 is 0 Å². The second-order valence-corrected chi connectivity index (χ2v) is 2.69. The fourth-order valence-corrected chi connectivity index (χ4v) is 1.08. The van der Waals surface area contributed by atoms with Crippen LogP contribution in [0.2, 0.25) is 0 Å². The van der Waals surface area contributed by atoms with Gasteiger partial charge in [0.15, 0.2) is 0 Å². The number of thiol groups is 1. The van der Waals surface area contributed by atoms with Crippen LogP contribution in [0.25, 0.3) is 0 Å². The maximum atomic E-state index is 8.62. The quantitative estimate of drug-likeness (QED) is 0.542. The first-order valence-electron chi connectivity index (χ1n) is 3.64. The van der Waals surface area contributed by atoms with Crippen LogP contribution in [-0.4, -0.2) is 0 Å². The number of benzene rings is 1. The lowest BCUT2D eigenvalue weighted by atomic mass is 10.1. The molecule has 1 aromatic carbocycles. The normalized spacial score (nSPS) is 10.8. The third kappa shape index (κ3) is 2.44. The molecule has 0 fully saturated rings. The number of allylic oxidation sites excluding steroid dienone is 1. The van der Waals surface area contributed by atoms with Gasteiger partial charge in [-0.15, -0.1) is 0 Å². The minimum Gasteiger partial charge on any atom is -0.193 e. The van der Waals surface area contributed by atoms with Crippen LogP contribution in [-0.2, 0) is 6.42 Å². The van der Waals surface area contributed by atoms with Gasteiger partial charge < -0.3 is 0 Å². The summed E-state index contributed by atoms with van der Waals surface area (Å²) in [6, 6.07) is 12.0. The van der Waals surface area contributed by atoms with Crippen molar-refractivity contribution in [2.45, 2.75) is 6.42 Å². The second-order valence-electron chi connectivity index (χ2n) is 2.43. The van der Waals surface area contributed by atoms with Gasteiger partial charge >= 0.3 is 0 Å². The van der Waals surface area contributed by atoms with Crippen LogP contribution in [0.3, 0.4) is 0 Å². The molecule has 0 bridgehead atoms. The lowest BCUT2D eigenvalue weighted by molar-refractivity contribution is 1.20. The van der Waals surface area contributed by atoms with Crippen molar-refractivity contribution in [1.29, 1.82) is 5.26 Å². The van der Waals surface area contributed by atoms with Crippen molar-refractivity contribution >= 4 is 12.6 Å². The summed E-state index contributed by atoms with van der Waals surface area (Å²) < 4.78 is 0. The molecule has 0 saturated heterocycles. The van der Waals surface area contributed by atoms with Gasteiger partial charge in [-0.25, -0.2) is 0 Å². The molecule has 0 aromatic heterocycles. The molecule has 0 heterocycles. The van der Waals surface area contributed by atoms with Crippen LogP contribution >= 0.6 is 12.6 Å². The number of rotatable bonds is 2. The molecule has 0 aliphatic rings. The summed E-state index contributed by atoms with van der Waals surface area (Å²) in [4.78, 5) is 0. The van der Waals surface area contributed by atoms with Crippen LogP contribution in [0.4, 0.5) is 0 Å². The summed E-state index contributed by atoms with van der Waals surface area (Å²) in [5.41, 5.74) is 1.82. The van der Waals surface area contributed by atoms with Gasteiger partial charge in [0.2, 0.25) is 0 Å². The Morgan fingerprint density at radius 3 is 2.58 bits per heavy atom. The Kier molecular flexibility index (Phi) is 3.43. The van der Waals surface area contributed by atoms with E-state index in [0.717, 1.165) is 5.56 Å². The Bertz CT molecular complexity index is 308. The molecular formula is C10H9NS. The molecule has 0 saturated carbocycles. The fourth-order valence-electron chi connectivity index (χ4n) is 0.930. The molecule has 0 atom stereocenters. The Morgan fingerprint density at radius 1 is 1.42 bits per heavy atom. The Morgan fingerprint density at radius 2 is 2.08 bits per heavy atom. The highest BCUT2D eigenvalue weighted by Gasteiger charge is 1.95. The largest absolute Gasteiger partial charge is 0.193 e. The van der Waals surface area contributed by atoms with Crippen molar-refractivity contribution in [1.82, 2.24) is 0 Å². The van der Waals surface area contributed by atoms with Gasteiger partial charge in [0.05, 0.1) is 6.07 Å². The molecule has 0 amide bonds. The first-order chi connectivity index (χ1) is 5.86. The smallest absolute Gasteiger partial charge is 0.0955 e. The predicted molar refractivity (Wildman–Crippen MR) is 52.8 cm³/mol.